The Kier molecular flexibility index (Phi) is 5.67. The number of thioether (sulfide) groups is 1. The van der Waals surface area contributed by atoms with Gasteiger partial charge in [-0.2, -0.15) is 0 Å². The Labute approximate surface area is 136 Å². The lowest BCUT2D eigenvalue weighted by Crippen LogP contribution is -2.50. The molecule has 22 heavy (non-hydrogen) atoms. The summed E-state index contributed by atoms with van der Waals surface area (Å²) < 4.78 is 0. The van der Waals surface area contributed by atoms with Gasteiger partial charge in [-0.3, -0.25) is 4.79 Å². The molecule has 120 valence electrons. The molecule has 2 N–H and O–H groups in total. The largest absolute Gasteiger partial charge is 0.352 e. The molecule has 5 nitrogen and oxygen atoms in total. The highest BCUT2D eigenvalue weighted by Gasteiger charge is 2.27. The summed E-state index contributed by atoms with van der Waals surface area (Å²) in [4.78, 5) is 20.8. The number of amides is 1. The topological polar surface area (TPSA) is 66.9 Å². The number of carbonyl (C=O) groups excluding carboxylic acids is 1. The molecule has 1 aromatic rings. The van der Waals surface area contributed by atoms with Crippen LogP contribution in [0, 0.1) is 0 Å². The van der Waals surface area contributed by atoms with E-state index in [1.165, 1.54) is 6.42 Å². The number of nitrogens with one attached hydrogen (secondary N) is 2. The van der Waals surface area contributed by atoms with Crippen LogP contribution in [0.25, 0.3) is 0 Å². The van der Waals surface area contributed by atoms with Gasteiger partial charge in [0.2, 0.25) is 5.91 Å². The van der Waals surface area contributed by atoms with Gasteiger partial charge < -0.3 is 10.6 Å². The third-order valence-corrected chi connectivity index (χ3v) is 5.69. The summed E-state index contributed by atoms with van der Waals surface area (Å²) in [5.41, 5.74) is 0. The molecule has 0 radical (unpaired) electrons. The van der Waals surface area contributed by atoms with Crippen LogP contribution in [0.3, 0.4) is 0 Å². The first-order valence-electron chi connectivity index (χ1n) is 8.29. The summed E-state index contributed by atoms with van der Waals surface area (Å²) in [7, 11) is 0. The lowest BCUT2D eigenvalue weighted by atomic mass is 9.94. The van der Waals surface area contributed by atoms with Crippen molar-refractivity contribution in [2.24, 2.45) is 0 Å². The van der Waals surface area contributed by atoms with Crippen LogP contribution < -0.4 is 10.6 Å². The van der Waals surface area contributed by atoms with E-state index in [1.807, 2.05) is 6.07 Å². The first-order valence-corrected chi connectivity index (χ1v) is 9.16. The smallest absolute Gasteiger partial charge is 0.237 e. The Morgan fingerprint density at radius 3 is 2.59 bits per heavy atom. The molecule has 2 fully saturated rings. The average Bonchev–Trinajstić information content (AvgIpc) is 2.58. The number of hydrogen-bond donors (Lipinski definition) is 2. The van der Waals surface area contributed by atoms with Gasteiger partial charge in [0.1, 0.15) is 0 Å². The number of nitrogens with zero attached hydrogens (tertiary/aromatic N) is 2. The molecular formula is C16H24N4OS. The molecule has 1 amide bonds. The van der Waals surface area contributed by atoms with Gasteiger partial charge in [0.05, 0.1) is 6.04 Å². The summed E-state index contributed by atoms with van der Waals surface area (Å²) >= 11 is 1.77. The van der Waals surface area contributed by atoms with Crippen LogP contribution in [-0.2, 0) is 4.79 Å². The van der Waals surface area contributed by atoms with E-state index in [-0.39, 0.29) is 11.9 Å². The molecule has 0 unspecified atom stereocenters. The van der Waals surface area contributed by atoms with E-state index in [2.05, 4.69) is 20.6 Å². The standard InChI is InChI=1S/C16H24N4OS/c21-15(14-4-1-2-9-17-14)20-12-5-7-13(8-6-12)22-16-18-10-3-11-19-16/h3,10-14,17H,1-2,4-9H2,(H,20,21)/t12?,13?,14-/m1/s1. The van der Waals surface area contributed by atoms with Crippen LogP contribution in [0.2, 0.25) is 0 Å². The third-order valence-electron chi connectivity index (χ3n) is 4.46. The van der Waals surface area contributed by atoms with Gasteiger partial charge >= 0.3 is 0 Å². The summed E-state index contributed by atoms with van der Waals surface area (Å²) in [6.45, 7) is 0.971. The minimum Gasteiger partial charge on any atom is -0.352 e. The van der Waals surface area contributed by atoms with Crippen LogP contribution >= 0.6 is 11.8 Å². The zero-order chi connectivity index (χ0) is 15.2. The molecule has 2 aliphatic rings. The maximum absolute atomic E-state index is 12.2. The molecule has 0 bridgehead atoms. The summed E-state index contributed by atoms with van der Waals surface area (Å²) in [5.74, 6) is 0.196. The highest BCUT2D eigenvalue weighted by molar-refractivity contribution is 7.99. The fraction of sp³-hybridized carbons (Fsp3) is 0.688. The lowest BCUT2D eigenvalue weighted by molar-refractivity contribution is -0.124. The van der Waals surface area contributed by atoms with E-state index in [4.69, 9.17) is 0 Å². The predicted molar refractivity (Wildman–Crippen MR) is 87.7 cm³/mol. The number of rotatable bonds is 4. The molecule has 1 saturated heterocycles. The van der Waals surface area contributed by atoms with Crippen LogP contribution in [0.15, 0.2) is 23.6 Å². The molecule has 1 saturated carbocycles. The lowest BCUT2D eigenvalue weighted by Gasteiger charge is -2.30. The zero-order valence-electron chi connectivity index (χ0n) is 12.8. The number of aromatic nitrogens is 2. The molecule has 0 aromatic carbocycles. The Hall–Kier alpha value is -1.14. The second-order valence-electron chi connectivity index (χ2n) is 6.13. The van der Waals surface area contributed by atoms with Gasteiger partial charge in [-0.25, -0.2) is 9.97 Å². The molecule has 3 rings (SSSR count). The SMILES string of the molecule is O=C(NC1CCC(Sc2ncccn2)CC1)[C@H]1CCCCN1. The molecule has 6 heteroatoms. The molecule has 1 aromatic heterocycles. The van der Waals surface area contributed by atoms with E-state index in [9.17, 15) is 4.79 Å². The van der Waals surface area contributed by atoms with Crippen molar-refractivity contribution in [2.45, 2.75) is 67.4 Å². The Morgan fingerprint density at radius 2 is 1.91 bits per heavy atom. The maximum Gasteiger partial charge on any atom is 0.237 e. The molecule has 0 spiro atoms. The Bertz CT molecular complexity index is 470. The van der Waals surface area contributed by atoms with Gasteiger partial charge in [0.15, 0.2) is 5.16 Å². The minimum atomic E-state index is 0.0265. The number of hydrogen-bond acceptors (Lipinski definition) is 5. The summed E-state index contributed by atoms with van der Waals surface area (Å²) in [5, 5.41) is 7.98. The van der Waals surface area contributed by atoms with Crippen molar-refractivity contribution in [1.82, 2.24) is 20.6 Å². The van der Waals surface area contributed by atoms with Crippen molar-refractivity contribution < 1.29 is 4.79 Å². The molecule has 1 aliphatic carbocycles. The van der Waals surface area contributed by atoms with Crippen LogP contribution in [0.5, 0.6) is 0 Å². The second-order valence-corrected chi connectivity index (χ2v) is 7.40. The fourth-order valence-corrected chi connectivity index (χ4v) is 4.25. The van der Waals surface area contributed by atoms with Crippen molar-refractivity contribution in [3.05, 3.63) is 18.5 Å². The van der Waals surface area contributed by atoms with E-state index in [1.54, 1.807) is 24.2 Å². The minimum absolute atomic E-state index is 0.0265. The van der Waals surface area contributed by atoms with E-state index in [0.29, 0.717) is 11.3 Å². The quantitative estimate of drug-likeness (QED) is 0.832. The Morgan fingerprint density at radius 1 is 1.14 bits per heavy atom. The maximum atomic E-state index is 12.2. The van der Waals surface area contributed by atoms with E-state index >= 15 is 0 Å². The first kappa shape index (κ1) is 15.7. The van der Waals surface area contributed by atoms with Crippen LogP contribution in [-0.4, -0.2) is 39.8 Å². The average molecular weight is 320 g/mol. The van der Waals surface area contributed by atoms with Gasteiger partial charge in [-0.05, 0) is 51.1 Å². The zero-order valence-corrected chi connectivity index (χ0v) is 13.6. The van der Waals surface area contributed by atoms with Crippen molar-refractivity contribution in [1.29, 1.82) is 0 Å². The predicted octanol–water partition coefficient (Wildman–Crippen LogP) is 2.14. The van der Waals surface area contributed by atoms with E-state index in [0.717, 1.165) is 50.2 Å². The third kappa shape index (κ3) is 4.43. The molecular weight excluding hydrogens is 296 g/mol. The van der Waals surface area contributed by atoms with Crippen molar-refractivity contribution >= 4 is 17.7 Å². The monoisotopic (exact) mass is 320 g/mol. The summed E-state index contributed by atoms with van der Waals surface area (Å²) in [6, 6.07) is 2.21. The van der Waals surface area contributed by atoms with Crippen molar-refractivity contribution in [3.63, 3.8) is 0 Å². The first-order chi connectivity index (χ1) is 10.8. The van der Waals surface area contributed by atoms with Crippen molar-refractivity contribution in [3.8, 4) is 0 Å². The number of carbonyl (C=O) groups is 1. The highest BCUT2D eigenvalue weighted by Crippen LogP contribution is 2.31. The van der Waals surface area contributed by atoms with Gasteiger partial charge in [0, 0.05) is 23.7 Å². The molecule has 1 atom stereocenters. The highest BCUT2D eigenvalue weighted by atomic mass is 32.2. The van der Waals surface area contributed by atoms with Crippen molar-refractivity contribution in [2.75, 3.05) is 6.54 Å². The molecule has 2 heterocycles. The molecule has 1 aliphatic heterocycles. The van der Waals surface area contributed by atoms with Crippen LogP contribution in [0.1, 0.15) is 44.9 Å². The van der Waals surface area contributed by atoms with Gasteiger partial charge in [-0.1, -0.05) is 18.2 Å². The van der Waals surface area contributed by atoms with E-state index < -0.39 is 0 Å². The van der Waals surface area contributed by atoms with Crippen LogP contribution in [0.4, 0.5) is 0 Å². The second kappa shape index (κ2) is 7.92. The Balaban J connectivity index is 1.40. The van der Waals surface area contributed by atoms with Gasteiger partial charge in [0.25, 0.3) is 0 Å². The number of piperidine rings is 1. The normalized spacial score (nSPS) is 29.0. The fourth-order valence-electron chi connectivity index (χ4n) is 3.20. The van der Waals surface area contributed by atoms with Gasteiger partial charge in [-0.15, -0.1) is 0 Å². The summed E-state index contributed by atoms with van der Waals surface area (Å²) in [6.07, 6.45) is 11.3.